The summed E-state index contributed by atoms with van der Waals surface area (Å²) in [7, 11) is 0. The van der Waals surface area contributed by atoms with Gasteiger partial charge in [-0.3, -0.25) is 0 Å². The third kappa shape index (κ3) is 2.77. The molecule has 0 saturated heterocycles. The average molecular weight is 349 g/mol. The highest BCUT2D eigenvalue weighted by molar-refractivity contribution is 7.80. The van der Waals surface area contributed by atoms with Gasteiger partial charge in [-0.05, 0) is 17.4 Å². The van der Waals surface area contributed by atoms with Crippen LogP contribution in [-0.2, 0) is 11.2 Å². The van der Waals surface area contributed by atoms with Gasteiger partial charge in [-0.15, -0.1) is 0 Å². The molecule has 0 bridgehead atoms. The van der Waals surface area contributed by atoms with E-state index in [2.05, 4.69) is 74.2 Å². The third-order valence-electron chi connectivity index (χ3n) is 4.94. The molecule has 2 aliphatic rings. The van der Waals surface area contributed by atoms with E-state index in [-0.39, 0.29) is 11.6 Å². The van der Waals surface area contributed by atoms with Crippen LogP contribution in [0.3, 0.4) is 0 Å². The van der Waals surface area contributed by atoms with Crippen molar-refractivity contribution in [1.29, 1.82) is 0 Å². The Labute approximate surface area is 155 Å². The molecule has 128 valence electrons. The summed E-state index contributed by atoms with van der Waals surface area (Å²) < 4.78 is 6.63. The highest BCUT2D eigenvalue weighted by atomic mass is 32.1. The van der Waals surface area contributed by atoms with Crippen LogP contribution in [0.25, 0.3) is 5.76 Å². The fourth-order valence-corrected chi connectivity index (χ4v) is 4.32. The minimum absolute atomic E-state index is 0.0792. The first-order valence-corrected chi connectivity index (χ1v) is 9.23. The summed E-state index contributed by atoms with van der Waals surface area (Å²) in [5.74, 6) is 0.927. The number of thiocarbonyl (C=S) groups is 1. The fourth-order valence-electron chi connectivity index (χ4n) is 3.74. The lowest BCUT2D eigenvalue weighted by Gasteiger charge is -2.46. The molecular formula is C22H23NOS. The number of benzene rings is 2. The van der Waals surface area contributed by atoms with Crippen molar-refractivity contribution in [3.05, 3.63) is 76.9 Å². The standard InChI is InChI=1S/C22H23NOS/c1-22(2,3)18-19(16-10-5-4-6-11-16)24-20-17-12-8-7-9-15(17)13-14-23(20)21(18)25/h4-12,20H,13-14H2,1-3H3. The Kier molecular flexibility index (Phi) is 3.92. The second-order valence-electron chi connectivity index (χ2n) is 7.74. The molecule has 2 aliphatic heterocycles. The van der Waals surface area contributed by atoms with Crippen molar-refractivity contribution >= 4 is 23.0 Å². The van der Waals surface area contributed by atoms with E-state index in [9.17, 15) is 0 Å². The monoisotopic (exact) mass is 349 g/mol. The maximum atomic E-state index is 6.63. The summed E-state index contributed by atoms with van der Waals surface area (Å²) in [4.78, 5) is 3.18. The predicted molar refractivity (Wildman–Crippen MR) is 106 cm³/mol. The van der Waals surface area contributed by atoms with Gasteiger partial charge < -0.3 is 9.64 Å². The van der Waals surface area contributed by atoms with Crippen LogP contribution in [0.15, 0.2) is 60.2 Å². The van der Waals surface area contributed by atoms with E-state index in [1.165, 1.54) is 11.1 Å². The van der Waals surface area contributed by atoms with Gasteiger partial charge in [0.25, 0.3) is 0 Å². The molecule has 0 saturated carbocycles. The van der Waals surface area contributed by atoms with Crippen LogP contribution in [0, 0.1) is 5.41 Å². The Morgan fingerprint density at radius 2 is 1.68 bits per heavy atom. The molecule has 2 aromatic rings. The van der Waals surface area contributed by atoms with Gasteiger partial charge >= 0.3 is 0 Å². The van der Waals surface area contributed by atoms with Crippen molar-refractivity contribution in [3.8, 4) is 0 Å². The normalized spacial score (nSPS) is 20.0. The first kappa shape index (κ1) is 16.3. The predicted octanol–water partition coefficient (Wildman–Crippen LogP) is 5.36. The molecule has 0 spiro atoms. The second kappa shape index (κ2) is 5.99. The lowest BCUT2D eigenvalue weighted by atomic mass is 9.82. The number of fused-ring (bicyclic) bond motifs is 3. The van der Waals surface area contributed by atoms with Gasteiger partial charge in [0.15, 0.2) is 6.23 Å². The third-order valence-corrected chi connectivity index (χ3v) is 5.38. The van der Waals surface area contributed by atoms with E-state index in [0.29, 0.717) is 0 Å². The second-order valence-corrected chi connectivity index (χ2v) is 8.12. The van der Waals surface area contributed by atoms with Gasteiger partial charge in [-0.25, -0.2) is 0 Å². The van der Waals surface area contributed by atoms with Crippen LogP contribution in [0.2, 0.25) is 0 Å². The van der Waals surface area contributed by atoms with Crippen molar-refractivity contribution < 1.29 is 4.74 Å². The Morgan fingerprint density at radius 3 is 2.40 bits per heavy atom. The van der Waals surface area contributed by atoms with Crippen LogP contribution in [0.5, 0.6) is 0 Å². The molecular weight excluding hydrogens is 326 g/mol. The molecule has 1 atom stereocenters. The number of nitrogens with zero attached hydrogens (tertiary/aromatic N) is 1. The van der Waals surface area contributed by atoms with E-state index < -0.39 is 0 Å². The Balaban J connectivity index is 1.89. The number of hydrogen-bond acceptors (Lipinski definition) is 2. The highest BCUT2D eigenvalue weighted by Crippen LogP contribution is 2.45. The minimum atomic E-state index is -0.126. The molecule has 0 radical (unpaired) electrons. The summed E-state index contributed by atoms with van der Waals surface area (Å²) in [5.41, 5.74) is 4.74. The zero-order valence-electron chi connectivity index (χ0n) is 15.0. The van der Waals surface area contributed by atoms with Gasteiger partial charge in [0.05, 0.1) is 0 Å². The molecule has 3 heteroatoms. The molecule has 25 heavy (non-hydrogen) atoms. The Hall–Kier alpha value is -2.13. The molecule has 2 nitrogen and oxygen atoms in total. The molecule has 0 aromatic heterocycles. The first-order chi connectivity index (χ1) is 12.0. The van der Waals surface area contributed by atoms with E-state index in [1.807, 2.05) is 6.07 Å². The van der Waals surface area contributed by atoms with Crippen LogP contribution < -0.4 is 0 Å². The lowest BCUT2D eigenvalue weighted by Crippen LogP contribution is -2.46. The maximum absolute atomic E-state index is 6.63. The molecule has 2 aromatic carbocycles. The summed E-state index contributed by atoms with van der Waals surface area (Å²) in [6, 6.07) is 18.9. The van der Waals surface area contributed by atoms with Gasteiger partial charge in [0.1, 0.15) is 10.7 Å². The van der Waals surface area contributed by atoms with Gasteiger partial charge in [0.2, 0.25) is 0 Å². The number of rotatable bonds is 1. The molecule has 0 aliphatic carbocycles. The largest absolute Gasteiger partial charge is 0.465 e. The zero-order valence-corrected chi connectivity index (χ0v) is 15.8. The number of ether oxygens (including phenoxy) is 1. The van der Waals surface area contributed by atoms with Crippen LogP contribution in [0.1, 0.15) is 43.7 Å². The van der Waals surface area contributed by atoms with Crippen LogP contribution in [0.4, 0.5) is 0 Å². The minimum Gasteiger partial charge on any atom is -0.465 e. The first-order valence-electron chi connectivity index (χ1n) is 8.82. The maximum Gasteiger partial charge on any atom is 0.199 e. The molecule has 2 heterocycles. The van der Waals surface area contributed by atoms with Crippen molar-refractivity contribution in [1.82, 2.24) is 4.90 Å². The van der Waals surface area contributed by atoms with E-state index in [4.69, 9.17) is 17.0 Å². The molecule has 0 N–H and O–H groups in total. The molecule has 4 rings (SSSR count). The highest BCUT2D eigenvalue weighted by Gasteiger charge is 2.41. The summed E-state index contributed by atoms with van der Waals surface area (Å²) in [6.45, 7) is 7.53. The summed E-state index contributed by atoms with van der Waals surface area (Å²) in [5, 5.41) is 0. The SMILES string of the molecule is CC(C)(C)C1=C(c2ccccc2)OC2c3ccccc3CCN2C1=S. The van der Waals surface area contributed by atoms with Crippen LogP contribution >= 0.6 is 12.2 Å². The zero-order chi connectivity index (χ0) is 17.6. The quantitative estimate of drug-likeness (QED) is 0.643. The van der Waals surface area contributed by atoms with Crippen LogP contribution in [-0.4, -0.2) is 16.4 Å². The smallest absolute Gasteiger partial charge is 0.199 e. The summed E-state index contributed by atoms with van der Waals surface area (Å²) >= 11 is 5.97. The molecule has 1 unspecified atom stereocenters. The van der Waals surface area contributed by atoms with Crippen molar-refractivity contribution in [3.63, 3.8) is 0 Å². The topological polar surface area (TPSA) is 12.5 Å². The van der Waals surface area contributed by atoms with Crippen molar-refractivity contribution in [2.45, 2.75) is 33.4 Å². The van der Waals surface area contributed by atoms with Gasteiger partial charge in [-0.1, -0.05) is 87.6 Å². The lowest BCUT2D eigenvalue weighted by molar-refractivity contribution is 0.0338. The van der Waals surface area contributed by atoms with Crippen molar-refractivity contribution in [2.24, 2.45) is 5.41 Å². The summed E-state index contributed by atoms with van der Waals surface area (Å²) in [6.07, 6.45) is 0.882. The van der Waals surface area contributed by atoms with E-state index in [0.717, 1.165) is 34.8 Å². The molecule has 0 fully saturated rings. The number of hydrogen-bond donors (Lipinski definition) is 0. The van der Waals surface area contributed by atoms with Gasteiger partial charge in [-0.2, -0.15) is 0 Å². The van der Waals surface area contributed by atoms with Gasteiger partial charge in [0, 0.05) is 23.2 Å². The van der Waals surface area contributed by atoms with E-state index >= 15 is 0 Å². The Morgan fingerprint density at radius 1 is 1.00 bits per heavy atom. The van der Waals surface area contributed by atoms with Crippen molar-refractivity contribution in [2.75, 3.05) is 6.54 Å². The fraction of sp³-hybridized carbons (Fsp3) is 0.318. The molecule has 0 amide bonds. The average Bonchev–Trinajstić information content (AvgIpc) is 2.61. The van der Waals surface area contributed by atoms with E-state index in [1.54, 1.807) is 0 Å². The Bertz CT molecular complexity index is 848.